The fourth-order valence-corrected chi connectivity index (χ4v) is 3.31. The van der Waals surface area contributed by atoms with Crippen molar-refractivity contribution in [2.75, 3.05) is 19.6 Å². The molecule has 0 aromatic carbocycles. The van der Waals surface area contributed by atoms with Gasteiger partial charge in [-0.3, -0.25) is 9.69 Å². The number of ether oxygens (including phenoxy) is 1. The fourth-order valence-electron chi connectivity index (χ4n) is 2.64. The van der Waals surface area contributed by atoms with Gasteiger partial charge in [-0.15, -0.1) is 5.10 Å². The number of morpholine rings is 1. The number of aromatic nitrogens is 2. The summed E-state index contributed by atoms with van der Waals surface area (Å²) < 4.78 is 9.59. The second-order valence-corrected chi connectivity index (χ2v) is 6.43. The fraction of sp³-hybridized carbons (Fsp3) is 0.786. The van der Waals surface area contributed by atoms with Gasteiger partial charge >= 0.3 is 0 Å². The molecule has 6 nitrogen and oxygen atoms in total. The lowest BCUT2D eigenvalue weighted by Crippen LogP contribution is -2.52. The first-order valence-corrected chi connectivity index (χ1v) is 8.27. The van der Waals surface area contributed by atoms with E-state index in [0.717, 1.165) is 36.7 Å². The second kappa shape index (κ2) is 7.29. The predicted molar refractivity (Wildman–Crippen MR) is 82.7 cm³/mol. The van der Waals surface area contributed by atoms with Crippen molar-refractivity contribution in [3.63, 3.8) is 0 Å². The van der Waals surface area contributed by atoms with Crippen LogP contribution >= 0.6 is 11.5 Å². The second-order valence-electron chi connectivity index (χ2n) is 5.67. The molecule has 2 rings (SSSR count). The number of nitrogens with one attached hydrogen (secondary N) is 1. The van der Waals surface area contributed by atoms with E-state index in [0.29, 0.717) is 11.4 Å². The smallest absolute Gasteiger partial charge is 0.265 e. The van der Waals surface area contributed by atoms with Crippen LogP contribution in [0.25, 0.3) is 0 Å². The van der Waals surface area contributed by atoms with Crippen LogP contribution in [0.15, 0.2) is 0 Å². The maximum Gasteiger partial charge on any atom is 0.265 e. The maximum absolute atomic E-state index is 12.2. The van der Waals surface area contributed by atoms with E-state index in [2.05, 4.69) is 40.6 Å². The van der Waals surface area contributed by atoms with Gasteiger partial charge < -0.3 is 10.1 Å². The number of hydrogen-bond acceptors (Lipinski definition) is 6. The Bertz CT molecular complexity index is 469. The largest absolute Gasteiger partial charge is 0.373 e. The van der Waals surface area contributed by atoms with E-state index in [4.69, 9.17) is 4.74 Å². The molecular weight excluding hydrogens is 288 g/mol. The number of rotatable bonds is 5. The van der Waals surface area contributed by atoms with Gasteiger partial charge in [-0.25, -0.2) is 0 Å². The van der Waals surface area contributed by atoms with Gasteiger partial charge in [0.2, 0.25) is 0 Å². The lowest BCUT2D eigenvalue weighted by Gasteiger charge is -2.38. The molecule has 1 aliphatic heterocycles. The summed E-state index contributed by atoms with van der Waals surface area (Å²) in [6.45, 7) is 10.7. The van der Waals surface area contributed by atoms with Gasteiger partial charge in [0.15, 0.2) is 0 Å². The minimum Gasteiger partial charge on any atom is -0.373 e. The molecule has 1 amide bonds. The summed E-state index contributed by atoms with van der Waals surface area (Å²) in [6, 6.07) is 0.286. The average molecular weight is 312 g/mol. The Morgan fingerprint density at radius 3 is 2.76 bits per heavy atom. The highest BCUT2D eigenvalue weighted by atomic mass is 32.1. The van der Waals surface area contributed by atoms with E-state index in [9.17, 15) is 4.79 Å². The van der Waals surface area contributed by atoms with Crippen molar-refractivity contribution in [3.8, 4) is 0 Å². The Balaban J connectivity index is 1.86. The molecule has 1 saturated heterocycles. The van der Waals surface area contributed by atoms with Crippen molar-refractivity contribution in [2.45, 2.75) is 52.4 Å². The van der Waals surface area contributed by atoms with Gasteiger partial charge in [-0.05, 0) is 38.7 Å². The van der Waals surface area contributed by atoms with Crippen LogP contribution in [0, 0.1) is 0 Å². The molecule has 0 radical (unpaired) electrons. The molecular formula is C14H24N4O2S. The molecule has 1 aromatic rings. The molecule has 7 heteroatoms. The minimum absolute atomic E-state index is 0.0666. The summed E-state index contributed by atoms with van der Waals surface area (Å²) in [5.74, 6) is -0.0666. The van der Waals surface area contributed by atoms with Crippen molar-refractivity contribution in [1.82, 2.24) is 19.8 Å². The van der Waals surface area contributed by atoms with Crippen molar-refractivity contribution >= 4 is 17.4 Å². The third kappa shape index (κ3) is 4.21. The van der Waals surface area contributed by atoms with Gasteiger partial charge in [-0.2, -0.15) is 0 Å². The van der Waals surface area contributed by atoms with Crippen molar-refractivity contribution < 1.29 is 9.53 Å². The van der Waals surface area contributed by atoms with Crippen molar-refractivity contribution in [3.05, 3.63) is 10.6 Å². The first-order chi connectivity index (χ1) is 10.0. The van der Waals surface area contributed by atoms with E-state index in [1.54, 1.807) is 0 Å². The van der Waals surface area contributed by atoms with E-state index < -0.39 is 0 Å². The Morgan fingerprint density at radius 2 is 2.14 bits per heavy atom. The zero-order chi connectivity index (χ0) is 15.4. The van der Waals surface area contributed by atoms with E-state index >= 15 is 0 Å². The molecule has 1 aliphatic rings. The Hall–Kier alpha value is -1.05. The lowest BCUT2D eigenvalue weighted by molar-refractivity contribution is -0.0778. The molecule has 0 aliphatic carbocycles. The zero-order valence-corrected chi connectivity index (χ0v) is 13.9. The molecule has 1 N–H and O–H groups in total. The highest BCUT2D eigenvalue weighted by Gasteiger charge is 2.26. The molecule has 1 fully saturated rings. The number of hydrogen-bond donors (Lipinski definition) is 1. The summed E-state index contributed by atoms with van der Waals surface area (Å²) in [7, 11) is 0. The Kier molecular flexibility index (Phi) is 5.66. The van der Waals surface area contributed by atoms with Crippen LogP contribution in [-0.4, -0.2) is 58.3 Å². The first kappa shape index (κ1) is 16.3. The molecule has 1 aromatic heterocycles. The molecule has 0 unspecified atom stereocenters. The summed E-state index contributed by atoms with van der Waals surface area (Å²) in [5.41, 5.74) is 0.777. The van der Waals surface area contributed by atoms with Crippen LogP contribution in [0.4, 0.5) is 0 Å². The third-order valence-corrected chi connectivity index (χ3v) is 4.49. The van der Waals surface area contributed by atoms with Crippen LogP contribution < -0.4 is 5.32 Å². The molecule has 21 heavy (non-hydrogen) atoms. The number of aryl methyl sites for hydroxylation is 1. The van der Waals surface area contributed by atoms with E-state index in [-0.39, 0.29) is 24.2 Å². The first-order valence-electron chi connectivity index (χ1n) is 7.50. The summed E-state index contributed by atoms with van der Waals surface area (Å²) >= 11 is 1.16. The zero-order valence-electron chi connectivity index (χ0n) is 13.1. The quantitative estimate of drug-likeness (QED) is 0.888. The van der Waals surface area contributed by atoms with Gasteiger partial charge in [0, 0.05) is 25.7 Å². The third-order valence-electron chi connectivity index (χ3n) is 3.73. The van der Waals surface area contributed by atoms with Gasteiger partial charge in [0.1, 0.15) is 4.88 Å². The minimum atomic E-state index is -0.0666. The van der Waals surface area contributed by atoms with Crippen molar-refractivity contribution in [1.29, 1.82) is 0 Å². The summed E-state index contributed by atoms with van der Waals surface area (Å²) in [4.78, 5) is 15.2. The molecule has 0 saturated carbocycles. The van der Waals surface area contributed by atoms with E-state index in [1.165, 1.54) is 0 Å². The standard InChI is InChI=1S/C14H24N4O2S/c1-5-12-13(21-17-16-12)14(19)15-6-9(2)18-7-10(3)20-11(4)8-18/h9-11H,5-8H2,1-4H3,(H,15,19)/t9-,10-,11+/m1/s1. The monoisotopic (exact) mass is 312 g/mol. The topological polar surface area (TPSA) is 67.4 Å². The maximum atomic E-state index is 12.2. The van der Waals surface area contributed by atoms with Gasteiger partial charge in [0.05, 0.1) is 17.9 Å². The molecule has 0 spiro atoms. The molecule has 3 atom stereocenters. The van der Waals surface area contributed by atoms with Gasteiger partial charge in [-0.1, -0.05) is 11.4 Å². The predicted octanol–water partition coefficient (Wildman–Crippen LogP) is 1.33. The molecule has 118 valence electrons. The highest BCUT2D eigenvalue weighted by Crippen LogP contribution is 2.14. The van der Waals surface area contributed by atoms with Crippen LogP contribution in [0.5, 0.6) is 0 Å². The van der Waals surface area contributed by atoms with Crippen LogP contribution in [0.1, 0.15) is 43.1 Å². The Morgan fingerprint density at radius 1 is 1.48 bits per heavy atom. The molecule has 2 heterocycles. The van der Waals surface area contributed by atoms with Crippen molar-refractivity contribution in [2.24, 2.45) is 0 Å². The lowest BCUT2D eigenvalue weighted by atomic mass is 10.1. The number of amides is 1. The molecule has 0 bridgehead atoms. The summed E-state index contributed by atoms with van der Waals surface area (Å²) in [5, 5.41) is 6.97. The normalized spacial score (nSPS) is 24.8. The number of carbonyl (C=O) groups excluding carboxylic acids is 1. The average Bonchev–Trinajstić information content (AvgIpc) is 2.91. The Labute approximate surface area is 130 Å². The summed E-state index contributed by atoms with van der Waals surface area (Å²) in [6.07, 6.45) is 1.21. The number of carbonyl (C=O) groups is 1. The van der Waals surface area contributed by atoms with E-state index in [1.807, 2.05) is 6.92 Å². The van der Waals surface area contributed by atoms with Gasteiger partial charge in [0.25, 0.3) is 5.91 Å². The SMILES string of the molecule is CCc1nnsc1C(=O)NC[C@@H](C)N1C[C@@H](C)O[C@@H](C)C1. The number of nitrogens with zero attached hydrogens (tertiary/aromatic N) is 3. The van der Waals surface area contributed by atoms with Crippen LogP contribution in [0.2, 0.25) is 0 Å². The van der Waals surface area contributed by atoms with Crippen LogP contribution in [0.3, 0.4) is 0 Å². The highest BCUT2D eigenvalue weighted by molar-refractivity contribution is 7.08. The van der Waals surface area contributed by atoms with Crippen LogP contribution in [-0.2, 0) is 11.2 Å².